The Hall–Kier alpha value is -1.45. The molecule has 3 nitrogen and oxygen atoms in total. The lowest BCUT2D eigenvalue weighted by atomic mass is 10.2. The highest BCUT2D eigenvalue weighted by Crippen LogP contribution is 2.09. The van der Waals surface area contributed by atoms with Crippen molar-refractivity contribution in [2.45, 2.75) is 6.92 Å². The molecule has 12 heavy (non-hydrogen) atoms. The summed E-state index contributed by atoms with van der Waals surface area (Å²) in [5.41, 5.74) is 0.238. The van der Waals surface area contributed by atoms with Crippen LogP contribution in [0.1, 0.15) is 16.1 Å². The molecule has 0 aliphatic rings. The van der Waals surface area contributed by atoms with E-state index in [1.54, 1.807) is 0 Å². The van der Waals surface area contributed by atoms with Crippen LogP contribution < -0.4 is 0 Å². The van der Waals surface area contributed by atoms with Crippen molar-refractivity contribution in [2.75, 3.05) is 7.11 Å². The van der Waals surface area contributed by atoms with Crippen LogP contribution in [-0.4, -0.2) is 18.1 Å². The lowest BCUT2D eigenvalue weighted by Crippen LogP contribution is -2.07. The Morgan fingerprint density at radius 3 is 2.92 bits per heavy atom. The molecular weight excluding hydrogens is 161 g/mol. The number of pyridine rings is 1. The lowest BCUT2D eigenvalue weighted by molar-refractivity contribution is 0.0592. The molecule has 0 saturated carbocycles. The van der Waals surface area contributed by atoms with Gasteiger partial charge in [-0.2, -0.15) is 0 Å². The molecule has 1 aromatic heterocycles. The molecule has 0 fully saturated rings. The van der Waals surface area contributed by atoms with Crippen LogP contribution in [0.5, 0.6) is 0 Å². The van der Waals surface area contributed by atoms with E-state index < -0.39 is 11.8 Å². The molecule has 0 spiro atoms. The summed E-state index contributed by atoms with van der Waals surface area (Å²) in [5.74, 6) is -1.07. The number of esters is 1. The highest BCUT2D eigenvalue weighted by atomic mass is 19.1. The summed E-state index contributed by atoms with van der Waals surface area (Å²) in [7, 11) is 1.23. The molecule has 64 valence electrons. The Kier molecular flexibility index (Phi) is 2.38. The molecule has 1 rings (SSSR count). The Morgan fingerprint density at radius 1 is 1.67 bits per heavy atom. The van der Waals surface area contributed by atoms with Gasteiger partial charge in [0.2, 0.25) is 0 Å². The maximum absolute atomic E-state index is 12.8. The number of carbonyl (C=O) groups is 1. The van der Waals surface area contributed by atoms with E-state index in [4.69, 9.17) is 0 Å². The highest BCUT2D eigenvalue weighted by molar-refractivity contribution is 5.88. The molecule has 0 N–H and O–H groups in total. The van der Waals surface area contributed by atoms with E-state index in [0.29, 0.717) is 0 Å². The van der Waals surface area contributed by atoms with Crippen molar-refractivity contribution in [1.82, 2.24) is 4.98 Å². The van der Waals surface area contributed by atoms with Gasteiger partial charge in [-0.05, 0) is 13.0 Å². The second-order valence-corrected chi connectivity index (χ2v) is 2.26. The van der Waals surface area contributed by atoms with Crippen LogP contribution in [0.2, 0.25) is 0 Å². The molecule has 1 aromatic rings. The number of methoxy groups -OCH3 is 1. The second-order valence-electron chi connectivity index (χ2n) is 2.26. The van der Waals surface area contributed by atoms with Crippen LogP contribution in [-0.2, 0) is 4.74 Å². The molecule has 0 aromatic carbocycles. The number of halogens is 1. The molecule has 4 heteroatoms. The van der Waals surface area contributed by atoms with Crippen molar-refractivity contribution in [2.24, 2.45) is 0 Å². The van der Waals surface area contributed by atoms with Crippen LogP contribution in [0.15, 0.2) is 12.3 Å². The van der Waals surface area contributed by atoms with E-state index in [0.717, 1.165) is 0 Å². The molecular formula is C8H8FNO2. The average molecular weight is 169 g/mol. The standard InChI is InChI=1S/C8H8FNO2/c1-5-6(9)3-4-10-7(5)8(11)12-2/h3-4H,1-2H3. The minimum atomic E-state index is -0.619. The summed E-state index contributed by atoms with van der Waals surface area (Å²) in [5, 5.41) is 0. The van der Waals surface area contributed by atoms with Gasteiger partial charge in [0.1, 0.15) is 5.82 Å². The van der Waals surface area contributed by atoms with Crippen LogP contribution in [0.25, 0.3) is 0 Å². The SMILES string of the molecule is COC(=O)c1nccc(F)c1C. The molecule has 1 heterocycles. The molecule has 0 saturated heterocycles. The number of carbonyl (C=O) groups excluding carboxylic acids is 1. The summed E-state index contributed by atoms with van der Waals surface area (Å²) in [6.07, 6.45) is 1.23. The van der Waals surface area contributed by atoms with Gasteiger partial charge in [-0.15, -0.1) is 0 Å². The number of rotatable bonds is 1. The third-order valence-electron chi connectivity index (χ3n) is 1.52. The van der Waals surface area contributed by atoms with E-state index in [9.17, 15) is 9.18 Å². The van der Waals surface area contributed by atoms with Crippen LogP contribution in [0.3, 0.4) is 0 Å². The second kappa shape index (κ2) is 3.30. The van der Waals surface area contributed by atoms with E-state index in [1.165, 1.54) is 26.3 Å². The van der Waals surface area contributed by atoms with Crippen molar-refractivity contribution in [1.29, 1.82) is 0 Å². The summed E-state index contributed by atoms with van der Waals surface area (Å²) in [4.78, 5) is 14.6. The Labute approximate surface area is 69.2 Å². The fraction of sp³-hybridized carbons (Fsp3) is 0.250. The first-order chi connectivity index (χ1) is 5.66. The third-order valence-corrected chi connectivity index (χ3v) is 1.52. The molecule has 0 atom stereocenters. The van der Waals surface area contributed by atoms with Crippen molar-refractivity contribution in [3.63, 3.8) is 0 Å². The lowest BCUT2D eigenvalue weighted by Gasteiger charge is -2.01. The fourth-order valence-corrected chi connectivity index (χ4v) is 0.815. The first-order valence-electron chi connectivity index (χ1n) is 3.36. The summed E-state index contributed by atoms with van der Waals surface area (Å²) in [6, 6.07) is 1.20. The van der Waals surface area contributed by atoms with Gasteiger partial charge in [0.25, 0.3) is 0 Å². The molecule has 0 amide bonds. The summed E-state index contributed by atoms with van der Waals surface area (Å²) < 4.78 is 17.2. The van der Waals surface area contributed by atoms with Crippen LogP contribution >= 0.6 is 0 Å². The van der Waals surface area contributed by atoms with Gasteiger partial charge in [-0.1, -0.05) is 0 Å². The largest absolute Gasteiger partial charge is 0.464 e. The monoisotopic (exact) mass is 169 g/mol. The zero-order valence-corrected chi connectivity index (χ0v) is 6.80. The van der Waals surface area contributed by atoms with Gasteiger partial charge in [-0.3, -0.25) is 0 Å². The first kappa shape index (κ1) is 8.64. The molecule has 0 radical (unpaired) electrons. The maximum atomic E-state index is 12.8. The van der Waals surface area contributed by atoms with Crippen molar-refractivity contribution < 1.29 is 13.9 Å². The fourth-order valence-electron chi connectivity index (χ4n) is 0.815. The Balaban J connectivity index is 3.16. The quantitative estimate of drug-likeness (QED) is 0.595. The topological polar surface area (TPSA) is 39.2 Å². The van der Waals surface area contributed by atoms with Gasteiger partial charge in [-0.25, -0.2) is 14.2 Å². The molecule has 0 aliphatic heterocycles. The number of hydrogen-bond acceptors (Lipinski definition) is 3. The Bertz CT molecular complexity index is 312. The summed E-state index contributed by atoms with van der Waals surface area (Å²) >= 11 is 0. The number of hydrogen-bond donors (Lipinski definition) is 0. The van der Waals surface area contributed by atoms with Gasteiger partial charge in [0, 0.05) is 11.8 Å². The van der Waals surface area contributed by atoms with Crippen LogP contribution in [0.4, 0.5) is 4.39 Å². The number of ether oxygens (including phenoxy) is 1. The smallest absolute Gasteiger partial charge is 0.357 e. The minimum Gasteiger partial charge on any atom is -0.464 e. The number of nitrogens with zero attached hydrogens (tertiary/aromatic N) is 1. The number of aromatic nitrogens is 1. The predicted molar refractivity (Wildman–Crippen MR) is 40.3 cm³/mol. The predicted octanol–water partition coefficient (Wildman–Crippen LogP) is 1.32. The van der Waals surface area contributed by atoms with Gasteiger partial charge in [0.05, 0.1) is 7.11 Å². The first-order valence-corrected chi connectivity index (χ1v) is 3.36. The van der Waals surface area contributed by atoms with E-state index in [1.807, 2.05) is 0 Å². The molecule has 0 bridgehead atoms. The van der Waals surface area contributed by atoms with Crippen molar-refractivity contribution >= 4 is 5.97 Å². The van der Waals surface area contributed by atoms with Gasteiger partial charge < -0.3 is 4.74 Å². The van der Waals surface area contributed by atoms with Crippen molar-refractivity contribution in [3.05, 3.63) is 29.3 Å². The van der Waals surface area contributed by atoms with E-state index in [2.05, 4.69) is 9.72 Å². The molecule has 0 aliphatic carbocycles. The minimum absolute atomic E-state index is 0.0255. The third kappa shape index (κ3) is 1.42. The van der Waals surface area contributed by atoms with Crippen LogP contribution in [0, 0.1) is 12.7 Å². The van der Waals surface area contributed by atoms with Gasteiger partial charge >= 0.3 is 5.97 Å². The average Bonchev–Trinajstić information content (AvgIpc) is 2.08. The highest BCUT2D eigenvalue weighted by Gasteiger charge is 2.12. The zero-order valence-electron chi connectivity index (χ0n) is 6.80. The normalized spacial score (nSPS) is 9.58. The Morgan fingerprint density at radius 2 is 2.33 bits per heavy atom. The zero-order chi connectivity index (χ0) is 9.14. The summed E-state index contributed by atoms with van der Waals surface area (Å²) in [6.45, 7) is 1.48. The molecule has 0 unspecified atom stereocenters. The van der Waals surface area contributed by atoms with E-state index >= 15 is 0 Å². The maximum Gasteiger partial charge on any atom is 0.357 e. The van der Waals surface area contributed by atoms with Crippen molar-refractivity contribution in [3.8, 4) is 0 Å². The van der Waals surface area contributed by atoms with E-state index in [-0.39, 0.29) is 11.3 Å². The van der Waals surface area contributed by atoms with Gasteiger partial charge in [0.15, 0.2) is 5.69 Å².